The van der Waals surface area contributed by atoms with E-state index >= 15 is 0 Å². The first-order valence-corrected chi connectivity index (χ1v) is 7.30. The van der Waals surface area contributed by atoms with Crippen molar-refractivity contribution in [1.82, 2.24) is 0 Å². The molecule has 0 spiro atoms. The maximum atomic E-state index is 12.0. The van der Waals surface area contributed by atoms with Crippen molar-refractivity contribution in [3.05, 3.63) is 52.0 Å². The normalized spacial score (nSPS) is 10.2. The Labute approximate surface area is 132 Å². The number of nitrogen functional groups attached to an aromatic ring is 1. The number of rotatable bonds is 4. The van der Waals surface area contributed by atoms with Crippen molar-refractivity contribution in [3.8, 4) is 5.75 Å². The van der Waals surface area contributed by atoms with Crippen LogP contribution in [0.15, 0.2) is 40.9 Å². The van der Waals surface area contributed by atoms with E-state index in [-0.39, 0.29) is 12.5 Å². The Balaban J connectivity index is 1.97. The van der Waals surface area contributed by atoms with Gasteiger partial charge in [0.2, 0.25) is 0 Å². The van der Waals surface area contributed by atoms with E-state index in [9.17, 15) is 4.79 Å². The van der Waals surface area contributed by atoms with Gasteiger partial charge in [0.1, 0.15) is 5.75 Å². The molecule has 2 aromatic carbocycles. The molecule has 0 saturated heterocycles. The summed E-state index contributed by atoms with van der Waals surface area (Å²) in [7, 11) is 0. The summed E-state index contributed by atoms with van der Waals surface area (Å²) in [5.74, 6) is 0.401. The van der Waals surface area contributed by atoms with Gasteiger partial charge in [0.25, 0.3) is 5.91 Å². The molecule has 0 aliphatic rings. The van der Waals surface area contributed by atoms with Gasteiger partial charge in [-0.15, -0.1) is 0 Å². The minimum atomic E-state index is -0.209. The van der Waals surface area contributed by atoms with Crippen molar-refractivity contribution >= 4 is 33.2 Å². The zero-order chi connectivity index (χ0) is 15.4. The second kappa shape index (κ2) is 6.63. The van der Waals surface area contributed by atoms with Gasteiger partial charge in [-0.05, 0) is 71.2 Å². The summed E-state index contributed by atoms with van der Waals surface area (Å²) in [6.45, 7) is 3.91. The third kappa shape index (κ3) is 4.23. The third-order valence-electron chi connectivity index (χ3n) is 2.95. The Morgan fingerprint density at radius 3 is 2.52 bits per heavy atom. The van der Waals surface area contributed by atoms with Crippen molar-refractivity contribution in [2.24, 2.45) is 0 Å². The monoisotopic (exact) mass is 348 g/mol. The van der Waals surface area contributed by atoms with E-state index in [1.165, 1.54) is 0 Å². The molecule has 2 rings (SSSR count). The van der Waals surface area contributed by atoms with E-state index in [1.807, 2.05) is 26.0 Å². The Morgan fingerprint density at radius 1 is 1.24 bits per heavy atom. The van der Waals surface area contributed by atoms with Crippen LogP contribution in [0.3, 0.4) is 0 Å². The molecule has 21 heavy (non-hydrogen) atoms. The highest BCUT2D eigenvalue weighted by Gasteiger charge is 2.09. The van der Waals surface area contributed by atoms with E-state index in [0.29, 0.717) is 11.4 Å². The van der Waals surface area contributed by atoms with Gasteiger partial charge < -0.3 is 15.8 Å². The number of benzene rings is 2. The smallest absolute Gasteiger partial charge is 0.262 e. The summed E-state index contributed by atoms with van der Waals surface area (Å²) in [5.41, 5.74) is 9.16. The van der Waals surface area contributed by atoms with Gasteiger partial charge in [-0.25, -0.2) is 0 Å². The predicted octanol–water partition coefficient (Wildman–Crippen LogP) is 3.67. The molecule has 1 amide bonds. The molecular formula is C16H17BrN2O2. The number of anilines is 2. The Kier molecular flexibility index (Phi) is 4.85. The first kappa shape index (κ1) is 15.4. The standard InChI is InChI=1S/C16H17BrN2O2/c1-10-7-11(2)16(14(17)8-10)19-15(20)9-21-13-5-3-12(18)4-6-13/h3-8H,9,18H2,1-2H3,(H,19,20). The van der Waals surface area contributed by atoms with Crippen LogP contribution in [0.4, 0.5) is 11.4 Å². The van der Waals surface area contributed by atoms with Crippen LogP contribution in [-0.2, 0) is 4.79 Å². The summed E-state index contributed by atoms with van der Waals surface area (Å²) < 4.78 is 6.28. The van der Waals surface area contributed by atoms with Gasteiger partial charge in [0.15, 0.2) is 6.61 Å². The summed E-state index contributed by atoms with van der Waals surface area (Å²) in [5, 5.41) is 2.85. The second-order valence-corrected chi connectivity index (χ2v) is 5.70. The van der Waals surface area contributed by atoms with Crippen LogP contribution in [0.25, 0.3) is 0 Å². The van der Waals surface area contributed by atoms with Gasteiger partial charge >= 0.3 is 0 Å². The maximum absolute atomic E-state index is 12.0. The molecule has 0 atom stereocenters. The molecule has 5 heteroatoms. The van der Waals surface area contributed by atoms with E-state index in [2.05, 4.69) is 21.2 Å². The van der Waals surface area contributed by atoms with Crippen LogP contribution in [-0.4, -0.2) is 12.5 Å². The summed E-state index contributed by atoms with van der Waals surface area (Å²) in [6.07, 6.45) is 0. The number of amides is 1. The van der Waals surface area contributed by atoms with Gasteiger partial charge in [0, 0.05) is 10.2 Å². The van der Waals surface area contributed by atoms with Crippen LogP contribution >= 0.6 is 15.9 Å². The quantitative estimate of drug-likeness (QED) is 0.828. The second-order valence-electron chi connectivity index (χ2n) is 4.84. The molecule has 110 valence electrons. The summed E-state index contributed by atoms with van der Waals surface area (Å²) in [6, 6.07) is 10.9. The van der Waals surface area contributed by atoms with Crippen molar-refractivity contribution < 1.29 is 9.53 Å². The molecule has 3 N–H and O–H groups in total. The fourth-order valence-corrected chi connectivity index (χ4v) is 2.74. The highest BCUT2D eigenvalue weighted by molar-refractivity contribution is 9.10. The average molecular weight is 349 g/mol. The lowest BCUT2D eigenvalue weighted by Crippen LogP contribution is -2.21. The molecular weight excluding hydrogens is 332 g/mol. The maximum Gasteiger partial charge on any atom is 0.262 e. The number of carbonyl (C=O) groups is 1. The minimum Gasteiger partial charge on any atom is -0.484 e. The lowest BCUT2D eigenvalue weighted by atomic mass is 10.1. The number of halogens is 1. The molecule has 0 unspecified atom stereocenters. The zero-order valence-corrected chi connectivity index (χ0v) is 13.5. The number of nitrogens with two attached hydrogens (primary N) is 1. The fourth-order valence-electron chi connectivity index (χ4n) is 1.96. The van der Waals surface area contributed by atoms with Gasteiger partial charge in [0.05, 0.1) is 5.69 Å². The van der Waals surface area contributed by atoms with Crippen LogP contribution in [0.2, 0.25) is 0 Å². The Hall–Kier alpha value is -2.01. The molecule has 4 nitrogen and oxygen atoms in total. The number of hydrogen-bond acceptors (Lipinski definition) is 3. The SMILES string of the molecule is Cc1cc(C)c(NC(=O)COc2ccc(N)cc2)c(Br)c1. The van der Waals surface area contributed by atoms with Gasteiger partial charge in [-0.2, -0.15) is 0 Å². The molecule has 0 aliphatic carbocycles. The average Bonchev–Trinajstić information content (AvgIpc) is 2.42. The molecule has 0 aliphatic heterocycles. The molecule has 0 fully saturated rings. The van der Waals surface area contributed by atoms with Crippen LogP contribution in [0, 0.1) is 13.8 Å². The fraction of sp³-hybridized carbons (Fsp3) is 0.188. The van der Waals surface area contributed by atoms with Gasteiger partial charge in [-0.1, -0.05) is 6.07 Å². The highest BCUT2D eigenvalue weighted by atomic mass is 79.9. The molecule has 0 radical (unpaired) electrons. The minimum absolute atomic E-state index is 0.0519. The number of carbonyl (C=O) groups excluding carboxylic acids is 1. The van der Waals surface area contributed by atoms with Crippen LogP contribution in [0.5, 0.6) is 5.75 Å². The number of aryl methyl sites for hydroxylation is 2. The van der Waals surface area contributed by atoms with Crippen molar-refractivity contribution in [3.63, 3.8) is 0 Å². The first-order valence-electron chi connectivity index (χ1n) is 6.50. The topological polar surface area (TPSA) is 64.3 Å². The molecule has 0 saturated carbocycles. The largest absolute Gasteiger partial charge is 0.484 e. The van der Waals surface area contributed by atoms with Crippen molar-refractivity contribution in [2.45, 2.75) is 13.8 Å². The Bertz CT molecular complexity index is 631. The number of hydrogen-bond donors (Lipinski definition) is 2. The zero-order valence-electron chi connectivity index (χ0n) is 11.9. The molecule has 0 heterocycles. The van der Waals surface area contributed by atoms with E-state index < -0.39 is 0 Å². The predicted molar refractivity (Wildman–Crippen MR) is 88.6 cm³/mol. The third-order valence-corrected chi connectivity index (χ3v) is 3.57. The highest BCUT2D eigenvalue weighted by Crippen LogP contribution is 2.27. The van der Waals surface area contributed by atoms with E-state index in [1.54, 1.807) is 24.3 Å². The van der Waals surface area contributed by atoms with Crippen molar-refractivity contribution in [1.29, 1.82) is 0 Å². The van der Waals surface area contributed by atoms with Gasteiger partial charge in [-0.3, -0.25) is 4.79 Å². The van der Waals surface area contributed by atoms with E-state index in [4.69, 9.17) is 10.5 Å². The lowest BCUT2D eigenvalue weighted by molar-refractivity contribution is -0.118. The first-order chi connectivity index (χ1) is 9.95. The number of ether oxygens (including phenoxy) is 1. The lowest BCUT2D eigenvalue weighted by Gasteiger charge is -2.12. The van der Waals surface area contributed by atoms with Crippen LogP contribution < -0.4 is 15.8 Å². The number of nitrogens with one attached hydrogen (secondary N) is 1. The summed E-state index contributed by atoms with van der Waals surface area (Å²) in [4.78, 5) is 12.0. The molecule has 2 aromatic rings. The molecule has 0 aromatic heterocycles. The Morgan fingerprint density at radius 2 is 1.90 bits per heavy atom. The van der Waals surface area contributed by atoms with Crippen LogP contribution in [0.1, 0.15) is 11.1 Å². The summed E-state index contributed by atoms with van der Waals surface area (Å²) >= 11 is 3.46. The van der Waals surface area contributed by atoms with Crippen molar-refractivity contribution in [2.75, 3.05) is 17.7 Å². The molecule has 0 bridgehead atoms. The van der Waals surface area contributed by atoms with E-state index in [0.717, 1.165) is 21.3 Å².